The predicted molar refractivity (Wildman–Crippen MR) is 91.1 cm³/mol. The summed E-state index contributed by atoms with van der Waals surface area (Å²) in [5.74, 6) is -2.07. The van der Waals surface area contributed by atoms with Gasteiger partial charge in [0, 0.05) is 17.8 Å². The molecule has 0 atom stereocenters. The number of carbonyl (C=O) groups is 1. The van der Waals surface area contributed by atoms with Crippen molar-refractivity contribution in [3.63, 3.8) is 0 Å². The van der Waals surface area contributed by atoms with Gasteiger partial charge in [0.2, 0.25) is 5.91 Å². The van der Waals surface area contributed by atoms with Crippen molar-refractivity contribution in [3.8, 4) is 6.07 Å². The molecule has 2 N–H and O–H groups in total. The summed E-state index contributed by atoms with van der Waals surface area (Å²) in [5.41, 5.74) is 2.17. The van der Waals surface area contributed by atoms with Gasteiger partial charge in [0.05, 0.1) is 29.3 Å². The average molecular weight is 358 g/mol. The maximum absolute atomic E-state index is 13.2. The molecule has 3 aromatic rings. The Hall–Kier alpha value is -2.92. The number of H-pyrrole nitrogens is 1. The minimum atomic E-state index is -0.965. The minimum absolute atomic E-state index is 0.0880. The first-order chi connectivity index (χ1) is 12.0. The van der Waals surface area contributed by atoms with E-state index in [1.807, 2.05) is 0 Å². The van der Waals surface area contributed by atoms with Crippen LogP contribution in [0, 0.1) is 23.0 Å². The van der Waals surface area contributed by atoms with Gasteiger partial charge in [-0.05, 0) is 17.7 Å². The lowest BCUT2D eigenvalue weighted by molar-refractivity contribution is -0.113. The molecule has 0 bridgehead atoms. The number of hydrogen-bond acceptors (Lipinski definition) is 4. The highest BCUT2D eigenvalue weighted by atomic mass is 32.2. The molecule has 0 spiro atoms. The highest BCUT2D eigenvalue weighted by molar-refractivity contribution is 7.99. The first kappa shape index (κ1) is 16.9. The van der Waals surface area contributed by atoms with Crippen molar-refractivity contribution in [2.75, 3.05) is 11.1 Å². The van der Waals surface area contributed by atoms with Gasteiger partial charge < -0.3 is 10.3 Å². The van der Waals surface area contributed by atoms with Crippen LogP contribution in [-0.2, 0) is 11.2 Å². The van der Waals surface area contributed by atoms with E-state index in [2.05, 4.69) is 21.4 Å². The third kappa shape index (κ3) is 4.14. The van der Waals surface area contributed by atoms with E-state index in [9.17, 15) is 13.6 Å². The summed E-state index contributed by atoms with van der Waals surface area (Å²) in [4.78, 5) is 18.9. The number of aromatic nitrogens is 2. The molecule has 0 unspecified atom stereocenters. The Morgan fingerprint density at radius 1 is 1.24 bits per heavy atom. The van der Waals surface area contributed by atoms with E-state index in [-0.39, 0.29) is 11.7 Å². The first-order valence-corrected chi connectivity index (χ1v) is 8.27. The molecule has 0 aliphatic carbocycles. The molecular formula is C17H12F2N4OS. The number of rotatable bonds is 5. The zero-order valence-electron chi connectivity index (χ0n) is 12.8. The molecule has 1 amide bonds. The summed E-state index contributed by atoms with van der Waals surface area (Å²) in [7, 11) is 0. The van der Waals surface area contributed by atoms with E-state index in [4.69, 9.17) is 5.26 Å². The molecule has 25 heavy (non-hydrogen) atoms. The van der Waals surface area contributed by atoms with Gasteiger partial charge in [-0.1, -0.05) is 23.9 Å². The number of nitriles is 1. The van der Waals surface area contributed by atoms with E-state index in [1.165, 1.54) is 0 Å². The molecule has 0 aliphatic rings. The molecule has 3 rings (SSSR count). The third-order valence-electron chi connectivity index (χ3n) is 3.36. The molecule has 0 aliphatic heterocycles. The van der Waals surface area contributed by atoms with Gasteiger partial charge in [-0.25, -0.2) is 13.8 Å². The van der Waals surface area contributed by atoms with Gasteiger partial charge in [0.1, 0.15) is 0 Å². The zero-order valence-corrected chi connectivity index (χ0v) is 13.7. The summed E-state index contributed by atoms with van der Waals surface area (Å²) >= 11 is 1.13. The van der Waals surface area contributed by atoms with Gasteiger partial charge >= 0.3 is 0 Å². The fraction of sp³-hybridized carbons (Fsp3) is 0.118. The van der Waals surface area contributed by atoms with E-state index in [1.54, 1.807) is 24.3 Å². The Balaban J connectivity index is 1.59. The third-order valence-corrected chi connectivity index (χ3v) is 4.24. The minimum Gasteiger partial charge on any atom is -0.333 e. The maximum Gasteiger partial charge on any atom is 0.234 e. The molecule has 0 radical (unpaired) electrons. The molecule has 8 heteroatoms. The van der Waals surface area contributed by atoms with Crippen LogP contribution < -0.4 is 5.32 Å². The van der Waals surface area contributed by atoms with Crippen LogP contribution in [0.15, 0.2) is 41.6 Å². The number of anilines is 1. The normalized spacial score (nSPS) is 10.6. The van der Waals surface area contributed by atoms with Gasteiger partial charge in [0.25, 0.3) is 0 Å². The van der Waals surface area contributed by atoms with Crippen molar-refractivity contribution in [1.29, 1.82) is 5.26 Å². The standard InChI is InChI=1S/C17H12F2N4OS/c18-12-7-14-15(8-13(12)19)23-17(22-14)25-9-16(24)21-11-3-1-10(2-4-11)5-6-20/h1-4,7-8H,5,9H2,(H,21,24)(H,22,23). The lowest BCUT2D eigenvalue weighted by Crippen LogP contribution is -2.14. The number of hydrogen-bond donors (Lipinski definition) is 2. The second kappa shape index (κ2) is 7.32. The van der Waals surface area contributed by atoms with Crippen LogP contribution in [0.1, 0.15) is 5.56 Å². The average Bonchev–Trinajstić information content (AvgIpc) is 2.97. The Morgan fingerprint density at radius 2 is 1.96 bits per heavy atom. The van der Waals surface area contributed by atoms with Crippen LogP contribution in [0.2, 0.25) is 0 Å². The van der Waals surface area contributed by atoms with Crippen LogP contribution in [0.4, 0.5) is 14.5 Å². The number of fused-ring (bicyclic) bond motifs is 1. The number of thioether (sulfide) groups is 1. The molecule has 0 fully saturated rings. The van der Waals surface area contributed by atoms with Crippen molar-refractivity contribution >= 4 is 34.4 Å². The van der Waals surface area contributed by atoms with Crippen LogP contribution in [0.3, 0.4) is 0 Å². The summed E-state index contributed by atoms with van der Waals surface area (Å²) in [5, 5.41) is 11.8. The Kier molecular flexibility index (Phi) is 4.95. The zero-order chi connectivity index (χ0) is 17.8. The molecular weight excluding hydrogens is 346 g/mol. The van der Waals surface area contributed by atoms with E-state index in [0.717, 1.165) is 29.5 Å². The smallest absolute Gasteiger partial charge is 0.234 e. The molecule has 5 nitrogen and oxygen atoms in total. The fourth-order valence-electron chi connectivity index (χ4n) is 2.18. The van der Waals surface area contributed by atoms with Crippen LogP contribution in [0.25, 0.3) is 11.0 Å². The van der Waals surface area contributed by atoms with Crippen molar-refractivity contribution in [2.24, 2.45) is 0 Å². The summed E-state index contributed by atoms with van der Waals surface area (Å²) in [6.45, 7) is 0. The van der Waals surface area contributed by atoms with Crippen molar-refractivity contribution in [2.45, 2.75) is 11.6 Å². The molecule has 126 valence electrons. The second-order valence-corrected chi connectivity index (χ2v) is 6.16. The Labute approximate surface area is 146 Å². The SMILES string of the molecule is N#CCc1ccc(NC(=O)CSc2nc3cc(F)c(F)cc3[nH]2)cc1. The summed E-state index contributed by atoms with van der Waals surface area (Å²) in [6.07, 6.45) is 0.317. The maximum atomic E-state index is 13.2. The first-order valence-electron chi connectivity index (χ1n) is 7.28. The van der Waals surface area contributed by atoms with Crippen molar-refractivity contribution in [1.82, 2.24) is 9.97 Å². The Bertz CT molecular complexity index is 924. The molecule has 0 saturated carbocycles. The topological polar surface area (TPSA) is 81.6 Å². The van der Waals surface area contributed by atoms with Crippen LogP contribution >= 0.6 is 11.8 Å². The number of benzene rings is 2. The van der Waals surface area contributed by atoms with Crippen molar-refractivity contribution in [3.05, 3.63) is 53.6 Å². The highest BCUT2D eigenvalue weighted by Crippen LogP contribution is 2.22. The lowest BCUT2D eigenvalue weighted by atomic mass is 10.1. The quantitative estimate of drug-likeness (QED) is 0.682. The van der Waals surface area contributed by atoms with Gasteiger partial charge in [-0.2, -0.15) is 5.26 Å². The Morgan fingerprint density at radius 3 is 2.68 bits per heavy atom. The fourth-order valence-corrected chi connectivity index (χ4v) is 2.86. The predicted octanol–water partition coefficient (Wildman–Crippen LogP) is 3.64. The highest BCUT2D eigenvalue weighted by Gasteiger charge is 2.11. The largest absolute Gasteiger partial charge is 0.333 e. The van der Waals surface area contributed by atoms with E-state index < -0.39 is 11.6 Å². The molecule has 1 heterocycles. The number of carbonyl (C=O) groups excluding carboxylic acids is 1. The molecule has 1 aromatic heterocycles. The second-order valence-electron chi connectivity index (χ2n) is 5.19. The lowest BCUT2D eigenvalue weighted by Gasteiger charge is -2.04. The summed E-state index contributed by atoms with van der Waals surface area (Å²) in [6, 6.07) is 11.1. The number of nitrogens with one attached hydrogen (secondary N) is 2. The van der Waals surface area contributed by atoms with E-state index >= 15 is 0 Å². The monoisotopic (exact) mass is 358 g/mol. The van der Waals surface area contributed by atoms with Crippen LogP contribution in [-0.4, -0.2) is 21.6 Å². The number of nitrogens with zero attached hydrogens (tertiary/aromatic N) is 2. The molecule has 0 saturated heterocycles. The van der Waals surface area contributed by atoms with Gasteiger partial charge in [-0.3, -0.25) is 4.79 Å². The van der Waals surface area contributed by atoms with Gasteiger partial charge in [-0.15, -0.1) is 0 Å². The number of amides is 1. The number of halogens is 2. The van der Waals surface area contributed by atoms with Gasteiger partial charge in [0.15, 0.2) is 16.8 Å². The number of aromatic amines is 1. The van der Waals surface area contributed by atoms with Crippen LogP contribution in [0.5, 0.6) is 0 Å². The van der Waals surface area contributed by atoms with Crippen molar-refractivity contribution < 1.29 is 13.6 Å². The summed E-state index contributed by atoms with van der Waals surface area (Å²) < 4.78 is 26.4. The number of imidazole rings is 1. The molecule has 2 aromatic carbocycles. The van der Waals surface area contributed by atoms with E-state index in [0.29, 0.717) is 28.3 Å².